The maximum absolute atomic E-state index is 5.81. The monoisotopic (exact) mass is 341 g/mol. The smallest absolute Gasteiger partial charge is 0.180 e. The second-order valence-corrected chi connectivity index (χ2v) is 7.84. The topological polar surface area (TPSA) is 42.1 Å². The number of nitrogens with two attached hydrogens (primary N) is 1. The van der Waals surface area contributed by atoms with Gasteiger partial charge in [0.25, 0.3) is 0 Å². The average molecular weight is 342 g/mol. The number of aromatic nitrogens is 1. The van der Waals surface area contributed by atoms with Gasteiger partial charge in [0.15, 0.2) is 5.13 Å². The van der Waals surface area contributed by atoms with Crippen molar-refractivity contribution in [3.8, 4) is 10.4 Å². The molecule has 0 spiro atoms. The third kappa shape index (κ3) is 3.17. The van der Waals surface area contributed by atoms with Gasteiger partial charge in [-0.2, -0.15) is 0 Å². The Morgan fingerprint density at radius 3 is 3.09 bits per heavy atom. The summed E-state index contributed by atoms with van der Waals surface area (Å²) in [5.74, 6) is 0. The molecule has 1 aromatic heterocycles. The summed E-state index contributed by atoms with van der Waals surface area (Å²) in [6, 6.07) is 8.70. The number of rotatable bonds is 3. The van der Waals surface area contributed by atoms with Crippen LogP contribution in [0.15, 0.2) is 35.7 Å². The lowest BCUT2D eigenvalue weighted by Gasteiger charge is -2.17. The first kappa shape index (κ1) is 14.9. The number of nitrogen functional groups attached to an aromatic ring is 1. The van der Waals surface area contributed by atoms with Crippen molar-refractivity contribution in [2.45, 2.75) is 12.8 Å². The molecule has 2 N–H and O–H groups in total. The fourth-order valence-electron chi connectivity index (χ4n) is 3.09. The van der Waals surface area contributed by atoms with Crippen LogP contribution < -0.4 is 5.73 Å². The Kier molecular flexibility index (Phi) is 4.16. The Labute approximate surface area is 144 Å². The Hall–Kier alpha value is -1.69. The standard InChI is InChI=1S/C18H19N3S2/c19-18-20-15-7-10-21(11-8-16(15)23-18)9-1-3-13-5-6-14-4-2-12-22-17(13)14/h1-6,12H,7-11H2,(H2,19,20). The molecule has 4 rings (SSSR count). The largest absolute Gasteiger partial charge is 0.375 e. The molecule has 0 radical (unpaired) electrons. The van der Waals surface area contributed by atoms with E-state index in [1.165, 1.54) is 26.6 Å². The highest BCUT2D eigenvalue weighted by Gasteiger charge is 2.16. The Morgan fingerprint density at radius 1 is 1.22 bits per heavy atom. The maximum atomic E-state index is 5.81. The lowest BCUT2D eigenvalue weighted by atomic mass is 10.2. The molecule has 0 fully saturated rings. The van der Waals surface area contributed by atoms with E-state index in [9.17, 15) is 0 Å². The lowest BCUT2D eigenvalue weighted by molar-refractivity contribution is 0.318. The van der Waals surface area contributed by atoms with E-state index in [1.807, 2.05) is 11.3 Å². The summed E-state index contributed by atoms with van der Waals surface area (Å²) in [5.41, 5.74) is 9.68. The van der Waals surface area contributed by atoms with Gasteiger partial charge in [0.05, 0.1) is 5.69 Å². The summed E-state index contributed by atoms with van der Waals surface area (Å²) in [6.07, 6.45) is 6.63. The fourth-order valence-corrected chi connectivity index (χ4v) is 4.79. The molecule has 3 nitrogen and oxygen atoms in total. The van der Waals surface area contributed by atoms with Crippen LogP contribution in [-0.2, 0) is 12.8 Å². The molecule has 0 saturated carbocycles. The molecule has 0 aromatic carbocycles. The van der Waals surface area contributed by atoms with Gasteiger partial charge in [0.1, 0.15) is 0 Å². The van der Waals surface area contributed by atoms with Crippen molar-refractivity contribution in [2.24, 2.45) is 0 Å². The van der Waals surface area contributed by atoms with E-state index in [1.54, 1.807) is 11.3 Å². The van der Waals surface area contributed by atoms with Crippen LogP contribution in [0.2, 0.25) is 0 Å². The van der Waals surface area contributed by atoms with Crippen molar-refractivity contribution in [3.05, 3.63) is 51.9 Å². The molecule has 118 valence electrons. The quantitative estimate of drug-likeness (QED) is 0.783. The highest BCUT2D eigenvalue weighted by Crippen LogP contribution is 2.32. The van der Waals surface area contributed by atoms with E-state index in [4.69, 9.17) is 5.73 Å². The molecule has 0 unspecified atom stereocenters. The van der Waals surface area contributed by atoms with Gasteiger partial charge in [0, 0.05) is 35.8 Å². The van der Waals surface area contributed by atoms with Crippen LogP contribution in [0.1, 0.15) is 16.1 Å². The summed E-state index contributed by atoms with van der Waals surface area (Å²) in [6.45, 7) is 3.14. The second kappa shape index (κ2) is 6.43. The number of fused-ring (bicyclic) bond motifs is 2. The zero-order valence-corrected chi connectivity index (χ0v) is 14.5. The fraction of sp³-hybridized carbons (Fsp3) is 0.278. The molecule has 5 heteroatoms. The highest BCUT2D eigenvalue weighted by atomic mass is 32.1. The second-order valence-electron chi connectivity index (χ2n) is 5.81. The molecule has 3 heterocycles. The van der Waals surface area contributed by atoms with Gasteiger partial charge in [-0.1, -0.05) is 36.4 Å². The minimum atomic E-state index is 0.715. The third-order valence-electron chi connectivity index (χ3n) is 4.28. The molecule has 3 aliphatic rings. The normalized spacial score (nSPS) is 16.0. The molecule has 1 aliphatic carbocycles. The van der Waals surface area contributed by atoms with E-state index in [2.05, 4.69) is 51.7 Å². The van der Waals surface area contributed by atoms with Gasteiger partial charge >= 0.3 is 0 Å². The van der Waals surface area contributed by atoms with Crippen molar-refractivity contribution in [3.63, 3.8) is 0 Å². The van der Waals surface area contributed by atoms with Gasteiger partial charge < -0.3 is 5.73 Å². The van der Waals surface area contributed by atoms with Crippen LogP contribution in [0.3, 0.4) is 0 Å². The van der Waals surface area contributed by atoms with Crippen LogP contribution in [0.4, 0.5) is 5.13 Å². The van der Waals surface area contributed by atoms with Gasteiger partial charge in [-0.25, -0.2) is 4.98 Å². The van der Waals surface area contributed by atoms with Gasteiger partial charge in [-0.05, 0) is 22.9 Å². The van der Waals surface area contributed by atoms with Gasteiger partial charge in [-0.15, -0.1) is 22.7 Å². The zero-order valence-electron chi connectivity index (χ0n) is 12.9. The van der Waals surface area contributed by atoms with Crippen molar-refractivity contribution in [1.82, 2.24) is 9.88 Å². The molecular weight excluding hydrogens is 322 g/mol. The van der Waals surface area contributed by atoms with E-state index in [0.29, 0.717) is 5.13 Å². The molecule has 0 saturated heterocycles. The summed E-state index contributed by atoms with van der Waals surface area (Å²) in [4.78, 5) is 9.70. The molecule has 0 amide bonds. The SMILES string of the molecule is Nc1nc2c(s1)CCN(CC=Cc1ccc3cccsc1-3)CC2. The highest BCUT2D eigenvalue weighted by molar-refractivity contribution is 7.15. The third-order valence-corrected chi connectivity index (χ3v) is 6.27. The van der Waals surface area contributed by atoms with Crippen molar-refractivity contribution in [1.29, 1.82) is 0 Å². The molecule has 23 heavy (non-hydrogen) atoms. The molecule has 1 aromatic rings. The number of nitrogens with zero attached hydrogens (tertiary/aromatic N) is 2. The first-order valence-corrected chi connectivity index (χ1v) is 9.58. The van der Waals surface area contributed by atoms with Gasteiger partial charge in [-0.3, -0.25) is 4.90 Å². The van der Waals surface area contributed by atoms with Crippen LogP contribution in [0.25, 0.3) is 16.5 Å². The zero-order chi connectivity index (χ0) is 15.6. The summed E-state index contributed by atoms with van der Waals surface area (Å²) in [5, 5.41) is 2.86. The van der Waals surface area contributed by atoms with Crippen LogP contribution >= 0.6 is 22.7 Å². The summed E-state index contributed by atoms with van der Waals surface area (Å²) >= 11 is 3.46. The first-order chi connectivity index (χ1) is 11.3. The summed E-state index contributed by atoms with van der Waals surface area (Å²) in [7, 11) is 0. The predicted octanol–water partition coefficient (Wildman–Crippen LogP) is 4.01. The van der Waals surface area contributed by atoms with Crippen LogP contribution in [0.5, 0.6) is 0 Å². The maximum Gasteiger partial charge on any atom is 0.180 e. The van der Waals surface area contributed by atoms with E-state index < -0.39 is 0 Å². The average Bonchev–Trinajstić information content (AvgIpc) is 3.08. The molecule has 2 aliphatic heterocycles. The lowest BCUT2D eigenvalue weighted by Crippen LogP contribution is -2.26. The Balaban J connectivity index is 1.39. The van der Waals surface area contributed by atoms with Crippen LogP contribution in [-0.4, -0.2) is 29.5 Å². The van der Waals surface area contributed by atoms with Crippen molar-refractivity contribution in [2.75, 3.05) is 25.4 Å². The predicted molar refractivity (Wildman–Crippen MR) is 100 cm³/mol. The molecule has 0 bridgehead atoms. The number of hydrogen-bond acceptors (Lipinski definition) is 5. The first-order valence-electron chi connectivity index (χ1n) is 7.89. The Morgan fingerprint density at radius 2 is 2.13 bits per heavy atom. The molecule has 0 atom stereocenters. The minimum absolute atomic E-state index is 0.715. The number of hydrogen-bond donors (Lipinski definition) is 1. The van der Waals surface area contributed by atoms with E-state index >= 15 is 0 Å². The van der Waals surface area contributed by atoms with Crippen molar-refractivity contribution >= 4 is 33.9 Å². The van der Waals surface area contributed by atoms with E-state index in [0.717, 1.165) is 32.5 Å². The number of thiazole rings is 1. The van der Waals surface area contributed by atoms with Crippen molar-refractivity contribution < 1.29 is 0 Å². The molecular formula is C18H19N3S2. The number of anilines is 1. The van der Waals surface area contributed by atoms with Crippen LogP contribution in [0, 0.1) is 0 Å². The van der Waals surface area contributed by atoms with Gasteiger partial charge in [0.2, 0.25) is 0 Å². The summed E-state index contributed by atoms with van der Waals surface area (Å²) < 4.78 is 0. The Bertz CT molecular complexity index is 777. The minimum Gasteiger partial charge on any atom is -0.375 e. The van der Waals surface area contributed by atoms with E-state index in [-0.39, 0.29) is 0 Å².